The van der Waals surface area contributed by atoms with Crippen molar-refractivity contribution in [3.8, 4) is 57.0 Å². The molecule has 0 radical (unpaired) electrons. The van der Waals surface area contributed by atoms with E-state index in [2.05, 4.69) is 203 Å². The molecule has 1 aliphatic carbocycles. The van der Waals surface area contributed by atoms with E-state index in [-0.39, 0.29) is 0 Å². The van der Waals surface area contributed by atoms with Gasteiger partial charge in [-0.15, -0.1) is 0 Å². The van der Waals surface area contributed by atoms with Crippen molar-refractivity contribution in [1.82, 2.24) is 24.1 Å². The lowest BCUT2D eigenvalue weighted by molar-refractivity contribution is 0.437. The fraction of sp³-hybridized carbons (Fsp3) is 0.0172. The third-order valence-corrected chi connectivity index (χ3v) is 13.5. The number of hydrogen-bond donors (Lipinski definition) is 0. The first-order valence-corrected chi connectivity index (χ1v) is 21.7. The van der Waals surface area contributed by atoms with Gasteiger partial charge >= 0.3 is 0 Å². The van der Waals surface area contributed by atoms with Crippen LogP contribution in [-0.4, -0.2) is 24.1 Å². The molecule has 0 bridgehead atoms. The zero-order chi connectivity index (χ0) is 41.9. The standard InChI is InChI=1S/C58H35N5O/c1-3-18-36(19-4-1)55-59-56(44-26-17-30-48-54(44)64-51-33-16-13-29-47(51)58(48)45-27-11-7-22-38(45)39-23-8-12-28-46(39)58)61-57(60-55)63-50-32-15-10-25-41(50)43-35-34-42-40-24-9-14-31-49(40)62(52(42)53(43)63)37-20-5-2-6-21-37/h1-35H. The average molecular weight is 818 g/mol. The number of rotatable bonds is 4. The van der Waals surface area contributed by atoms with E-state index >= 15 is 0 Å². The first kappa shape index (κ1) is 35.0. The lowest BCUT2D eigenvalue weighted by Gasteiger charge is -2.39. The molecule has 4 heterocycles. The summed E-state index contributed by atoms with van der Waals surface area (Å²) in [4.78, 5) is 16.3. The zero-order valence-corrected chi connectivity index (χ0v) is 34.4. The van der Waals surface area contributed by atoms with Gasteiger partial charge in [-0.05, 0) is 58.7 Å². The minimum Gasteiger partial charge on any atom is -0.456 e. The molecule has 6 nitrogen and oxygen atoms in total. The summed E-state index contributed by atoms with van der Waals surface area (Å²) in [7, 11) is 0. The number of ether oxygens (including phenoxy) is 1. The molecule has 0 saturated carbocycles. The molecule has 12 aromatic rings. The average Bonchev–Trinajstić information content (AvgIpc) is 3.99. The number of nitrogens with zero attached hydrogens (tertiary/aromatic N) is 5. The monoisotopic (exact) mass is 817 g/mol. The molecule has 0 fully saturated rings. The van der Waals surface area contributed by atoms with E-state index in [0.717, 1.165) is 77.7 Å². The molecule has 0 atom stereocenters. The molecular weight excluding hydrogens is 783 g/mol. The van der Waals surface area contributed by atoms with Gasteiger partial charge in [-0.3, -0.25) is 4.57 Å². The van der Waals surface area contributed by atoms with Crippen LogP contribution in [0, 0.1) is 0 Å². The minimum absolute atomic E-state index is 0.521. The van der Waals surface area contributed by atoms with E-state index in [4.69, 9.17) is 19.7 Å². The highest BCUT2D eigenvalue weighted by atomic mass is 16.5. The molecule has 298 valence electrons. The second-order valence-corrected chi connectivity index (χ2v) is 16.7. The van der Waals surface area contributed by atoms with E-state index in [0.29, 0.717) is 17.6 Å². The Morgan fingerprint density at radius 3 is 1.58 bits per heavy atom. The maximum absolute atomic E-state index is 7.14. The summed E-state index contributed by atoms with van der Waals surface area (Å²) in [5, 5.41) is 4.56. The smallest absolute Gasteiger partial charge is 0.238 e. The van der Waals surface area contributed by atoms with Gasteiger partial charge in [0.05, 0.1) is 33.0 Å². The third-order valence-electron chi connectivity index (χ3n) is 13.5. The largest absolute Gasteiger partial charge is 0.456 e. The van der Waals surface area contributed by atoms with E-state index in [1.165, 1.54) is 27.6 Å². The molecule has 6 heteroatoms. The highest BCUT2D eigenvalue weighted by Crippen LogP contribution is 2.63. The molecule has 1 aliphatic heterocycles. The van der Waals surface area contributed by atoms with Crippen molar-refractivity contribution in [2.75, 3.05) is 0 Å². The predicted octanol–water partition coefficient (Wildman–Crippen LogP) is 13.9. The number of benzene rings is 9. The van der Waals surface area contributed by atoms with Gasteiger partial charge in [-0.25, -0.2) is 4.98 Å². The summed E-state index contributed by atoms with van der Waals surface area (Å²) < 4.78 is 11.8. The Morgan fingerprint density at radius 2 is 0.875 bits per heavy atom. The van der Waals surface area contributed by atoms with Gasteiger partial charge < -0.3 is 9.30 Å². The van der Waals surface area contributed by atoms with Crippen LogP contribution in [0.15, 0.2) is 212 Å². The van der Waals surface area contributed by atoms with Crippen molar-refractivity contribution in [2.24, 2.45) is 0 Å². The Hall–Kier alpha value is -8.61. The van der Waals surface area contributed by atoms with E-state index in [9.17, 15) is 0 Å². The maximum atomic E-state index is 7.14. The fourth-order valence-corrected chi connectivity index (χ4v) is 10.9. The van der Waals surface area contributed by atoms with Crippen LogP contribution < -0.4 is 4.74 Å². The normalized spacial score (nSPS) is 13.2. The molecule has 0 unspecified atom stereocenters. The van der Waals surface area contributed by atoms with Crippen LogP contribution >= 0.6 is 0 Å². The van der Waals surface area contributed by atoms with Crippen LogP contribution in [0.2, 0.25) is 0 Å². The van der Waals surface area contributed by atoms with Gasteiger partial charge in [-0.1, -0.05) is 176 Å². The Kier molecular flexibility index (Phi) is 7.22. The summed E-state index contributed by atoms with van der Waals surface area (Å²) in [6, 6.07) is 75.1. The lowest BCUT2D eigenvalue weighted by atomic mass is 9.66. The van der Waals surface area contributed by atoms with Gasteiger partial charge in [0.2, 0.25) is 5.95 Å². The second kappa shape index (κ2) is 13.2. The van der Waals surface area contributed by atoms with Gasteiger partial charge in [0.1, 0.15) is 11.5 Å². The van der Waals surface area contributed by atoms with Crippen LogP contribution in [0.25, 0.3) is 89.2 Å². The van der Waals surface area contributed by atoms with Gasteiger partial charge in [0.25, 0.3) is 0 Å². The van der Waals surface area contributed by atoms with Crippen LogP contribution in [0.4, 0.5) is 0 Å². The Bertz CT molecular complexity index is 3840. The summed E-state index contributed by atoms with van der Waals surface area (Å²) in [6.45, 7) is 0. The molecule has 0 saturated heterocycles. The van der Waals surface area contributed by atoms with Crippen molar-refractivity contribution < 1.29 is 4.74 Å². The van der Waals surface area contributed by atoms with Crippen LogP contribution in [-0.2, 0) is 5.41 Å². The van der Waals surface area contributed by atoms with Crippen molar-refractivity contribution in [1.29, 1.82) is 0 Å². The topological polar surface area (TPSA) is 57.8 Å². The summed E-state index contributed by atoms with van der Waals surface area (Å²) in [5.41, 5.74) is 13.5. The van der Waals surface area contributed by atoms with Crippen LogP contribution in [0.1, 0.15) is 22.3 Å². The van der Waals surface area contributed by atoms with Gasteiger partial charge in [0, 0.05) is 43.9 Å². The predicted molar refractivity (Wildman–Crippen MR) is 257 cm³/mol. The number of aromatic nitrogens is 5. The molecule has 9 aromatic carbocycles. The van der Waals surface area contributed by atoms with Gasteiger partial charge in [-0.2, -0.15) is 9.97 Å². The van der Waals surface area contributed by atoms with Crippen molar-refractivity contribution in [3.63, 3.8) is 0 Å². The molecule has 64 heavy (non-hydrogen) atoms. The third kappa shape index (κ3) is 4.66. The Balaban J connectivity index is 1.10. The van der Waals surface area contributed by atoms with Gasteiger partial charge in [0.15, 0.2) is 11.6 Å². The number of fused-ring (bicyclic) bond motifs is 16. The zero-order valence-electron chi connectivity index (χ0n) is 34.4. The molecule has 0 amide bonds. The van der Waals surface area contributed by atoms with Crippen molar-refractivity contribution >= 4 is 43.6 Å². The van der Waals surface area contributed by atoms with Crippen LogP contribution in [0.3, 0.4) is 0 Å². The first-order valence-electron chi connectivity index (χ1n) is 21.7. The number of hydrogen-bond acceptors (Lipinski definition) is 4. The quantitative estimate of drug-likeness (QED) is 0.177. The summed E-state index contributed by atoms with van der Waals surface area (Å²) in [6.07, 6.45) is 0. The maximum Gasteiger partial charge on any atom is 0.238 e. The molecule has 2 aliphatic rings. The highest BCUT2D eigenvalue weighted by Gasteiger charge is 2.51. The fourth-order valence-electron chi connectivity index (χ4n) is 10.9. The van der Waals surface area contributed by atoms with E-state index in [1.54, 1.807) is 0 Å². The molecule has 3 aromatic heterocycles. The second-order valence-electron chi connectivity index (χ2n) is 16.7. The SMILES string of the molecule is c1ccc(-c2nc(-c3cccc4c3Oc3ccccc3C43c4ccccc4-c4ccccc43)nc(-n3c4ccccc4c4ccc5c6ccccc6n(-c6ccccc6)c5c43)n2)cc1. The summed E-state index contributed by atoms with van der Waals surface area (Å²) in [5.74, 6) is 3.16. The van der Waals surface area contributed by atoms with Crippen molar-refractivity contribution in [2.45, 2.75) is 5.41 Å². The highest BCUT2D eigenvalue weighted by molar-refractivity contribution is 6.23. The Labute approximate surface area is 368 Å². The van der Waals surface area contributed by atoms with E-state index in [1.807, 2.05) is 18.2 Å². The summed E-state index contributed by atoms with van der Waals surface area (Å²) >= 11 is 0. The van der Waals surface area contributed by atoms with Crippen LogP contribution in [0.5, 0.6) is 11.5 Å². The lowest BCUT2D eigenvalue weighted by Crippen LogP contribution is -2.32. The minimum atomic E-state index is -0.630. The van der Waals surface area contributed by atoms with E-state index < -0.39 is 5.41 Å². The molecule has 0 N–H and O–H groups in total. The van der Waals surface area contributed by atoms with Crippen molar-refractivity contribution in [3.05, 3.63) is 235 Å². The number of para-hydroxylation sites is 5. The molecular formula is C58H35N5O. The molecule has 14 rings (SSSR count). The Morgan fingerprint density at radius 1 is 0.359 bits per heavy atom. The first-order chi connectivity index (χ1) is 31.8. The molecule has 1 spiro atoms.